The van der Waals surface area contributed by atoms with Gasteiger partial charge in [-0.15, -0.1) is 0 Å². The van der Waals surface area contributed by atoms with Crippen molar-refractivity contribution in [2.24, 2.45) is 0 Å². The number of Topliss-reactive ketones (excluding diaryl/α,β-unsaturated/α-hetero) is 1. The molecule has 0 fully saturated rings. The number of benzene rings is 1. The predicted molar refractivity (Wildman–Crippen MR) is 61.4 cm³/mol. The Hall–Kier alpha value is -1.86. The molecule has 1 aromatic carbocycles. The Morgan fingerprint density at radius 2 is 2.00 bits per heavy atom. The van der Waals surface area contributed by atoms with Gasteiger partial charge in [-0.2, -0.15) is 5.26 Å². The number of esters is 1. The molecule has 4 nitrogen and oxygen atoms in total. The molecular formula is C12H10ClNO3. The van der Waals surface area contributed by atoms with Gasteiger partial charge in [0.2, 0.25) is 0 Å². The first kappa shape index (κ1) is 13.2. The zero-order chi connectivity index (χ0) is 12.8. The maximum absolute atomic E-state index is 11.6. The highest BCUT2D eigenvalue weighted by atomic mass is 35.5. The van der Waals surface area contributed by atoms with Crippen LogP contribution in [-0.2, 0) is 14.3 Å². The smallest absolute Gasteiger partial charge is 0.376 e. The number of hydrogen-bond donors (Lipinski definition) is 0. The molecule has 0 N–H and O–H groups in total. The highest BCUT2D eigenvalue weighted by Gasteiger charge is 2.27. The number of ketones is 1. The summed E-state index contributed by atoms with van der Waals surface area (Å²) < 4.78 is 4.57. The summed E-state index contributed by atoms with van der Waals surface area (Å²) in [4.78, 5) is 22.9. The number of carbonyl (C=O) groups excluding carboxylic acids is 2. The van der Waals surface area contributed by atoms with Gasteiger partial charge in [0.1, 0.15) is 5.92 Å². The van der Waals surface area contributed by atoms with E-state index in [4.69, 9.17) is 16.9 Å². The van der Waals surface area contributed by atoms with E-state index >= 15 is 0 Å². The highest BCUT2D eigenvalue weighted by Crippen LogP contribution is 2.19. The fourth-order valence-corrected chi connectivity index (χ4v) is 1.39. The first-order valence-electron chi connectivity index (χ1n) is 4.96. The molecule has 17 heavy (non-hydrogen) atoms. The molecule has 0 saturated heterocycles. The Morgan fingerprint density at radius 3 is 2.47 bits per heavy atom. The fourth-order valence-electron chi connectivity index (χ4n) is 1.26. The van der Waals surface area contributed by atoms with E-state index in [1.165, 1.54) is 12.1 Å². The van der Waals surface area contributed by atoms with E-state index in [1.54, 1.807) is 25.1 Å². The Balaban J connectivity index is 2.93. The molecule has 0 aromatic heterocycles. The average molecular weight is 252 g/mol. The van der Waals surface area contributed by atoms with Crippen molar-refractivity contribution in [2.45, 2.75) is 12.8 Å². The van der Waals surface area contributed by atoms with Crippen molar-refractivity contribution in [3.8, 4) is 6.07 Å². The minimum atomic E-state index is -1.15. The minimum absolute atomic E-state index is 0.101. The van der Waals surface area contributed by atoms with Gasteiger partial charge in [-0.3, -0.25) is 4.79 Å². The van der Waals surface area contributed by atoms with Gasteiger partial charge in [0.15, 0.2) is 0 Å². The summed E-state index contributed by atoms with van der Waals surface area (Å²) in [7, 11) is 0. The third-order valence-corrected chi connectivity index (χ3v) is 2.32. The Morgan fingerprint density at radius 1 is 1.41 bits per heavy atom. The average Bonchev–Trinajstić information content (AvgIpc) is 2.32. The lowest BCUT2D eigenvalue weighted by atomic mass is 9.96. The lowest BCUT2D eigenvalue weighted by Crippen LogP contribution is -2.23. The molecule has 1 rings (SSSR count). The van der Waals surface area contributed by atoms with Gasteiger partial charge in [-0.25, -0.2) is 4.79 Å². The van der Waals surface area contributed by atoms with Gasteiger partial charge in [-0.05, 0) is 24.6 Å². The summed E-state index contributed by atoms with van der Waals surface area (Å²) in [5, 5.41) is 9.42. The molecule has 0 aliphatic rings. The second-order valence-corrected chi connectivity index (χ2v) is 3.63. The molecule has 0 aliphatic heterocycles. The van der Waals surface area contributed by atoms with Crippen LogP contribution in [0.15, 0.2) is 24.3 Å². The lowest BCUT2D eigenvalue weighted by molar-refractivity contribution is -0.153. The van der Waals surface area contributed by atoms with Crippen molar-refractivity contribution in [1.29, 1.82) is 5.26 Å². The van der Waals surface area contributed by atoms with E-state index in [-0.39, 0.29) is 6.61 Å². The fraction of sp³-hybridized carbons (Fsp3) is 0.250. The van der Waals surface area contributed by atoms with Gasteiger partial charge in [0, 0.05) is 5.02 Å². The number of nitrogens with zero attached hydrogens (tertiary/aromatic N) is 1. The second-order valence-electron chi connectivity index (χ2n) is 3.20. The van der Waals surface area contributed by atoms with Crippen LogP contribution in [0.3, 0.4) is 0 Å². The number of carbonyl (C=O) groups is 2. The molecule has 0 radical (unpaired) electrons. The number of nitriles is 1. The summed E-state index contributed by atoms with van der Waals surface area (Å²) >= 11 is 5.69. The zero-order valence-electron chi connectivity index (χ0n) is 9.14. The summed E-state index contributed by atoms with van der Waals surface area (Å²) in [6.07, 6.45) is 0. The van der Waals surface area contributed by atoms with Gasteiger partial charge in [0.05, 0.1) is 12.7 Å². The molecular weight excluding hydrogens is 242 g/mol. The zero-order valence-corrected chi connectivity index (χ0v) is 9.90. The van der Waals surface area contributed by atoms with Crippen LogP contribution in [-0.4, -0.2) is 18.4 Å². The topological polar surface area (TPSA) is 67.2 Å². The third kappa shape index (κ3) is 3.30. The van der Waals surface area contributed by atoms with Crippen molar-refractivity contribution in [3.05, 3.63) is 34.9 Å². The van der Waals surface area contributed by atoms with E-state index < -0.39 is 17.7 Å². The van der Waals surface area contributed by atoms with Gasteiger partial charge in [0.25, 0.3) is 5.78 Å². The van der Waals surface area contributed by atoms with Crippen LogP contribution in [0.5, 0.6) is 0 Å². The number of halogens is 1. The standard InChI is InChI=1S/C12H10ClNO3/c1-2-17-12(16)11(15)10(7-14)8-3-5-9(13)6-4-8/h3-6,10H,2H2,1H3/t10-/m0/s1. The quantitative estimate of drug-likeness (QED) is 0.607. The largest absolute Gasteiger partial charge is 0.460 e. The maximum atomic E-state index is 11.6. The molecule has 0 saturated carbocycles. The predicted octanol–water partition coefficient (Wildman–Crippen LogP) is 2.08. The van der Waals surface area contributed by atoms with Crippen LogP contribution >= 0.6 is 11.6 Å². The molecule has 0 spiro atoms. The van der Waals surface area contributed by atoms with E-state index in [9.17, 15) is 9.59 Å². The molecule has 5 heteroatoms. The Kier molecular flexibility index (Phi) is 4.68. The van der Waals surface area contributed by atoms with Crippen LogP contribution in [0.1, 0.15) is 18.4 Å². The Labute approximate surface area is 104 Å². The molecule has 0 heterocycles. The van der Waals surface area contributed by atoms with E-state index in [2.05, 4.69) is 4.74 Å². The monoisotopic (exact) mass is 251 g/mol. The van der Waals surface area contributed by atoms with E-state index in [0.29, 0.717) is 10.6 Å². The first-order valence-corrected chi connectivity index (χ1v) is 5.34. The second kappa shape index (κ2) is 6.02. The molecule has 0 unspecified atom stereocenters. The highest BCUT2D eigenvalue weighted by molar-refractivity contribution is 6.36. The number of rotatable bonds is 4. The summed E-state index contributed by atoms with van der Waals surface area (Å²) in [5.74, 6) is -3.00. The summed E-state index contributed by atoms with van der Waals surface area (Å²) in [5.41, 5.74) is 0.426. The third-order valence-electron chi connectivity index (χ3n) is 2.07. The Bertz CT molecular complexity index is 462. The number of hydrogen-bond acceptors (Lipinski definition) is 4. The van der Waals surface area contributed by atoms with Crippen LogP contribution < -0.4 is 0 Å². The maximum Gasteiger partial charge on any atom is 0.376 e. The normalized spacial score (nSPS) is 11.4. The van der Waals surface area contributed by atoms with E-state index in [0.717, 1.165) is 0 Å². The van der Waals surface area contributed by atoms with Crippen molar-refractivity contribution in [1.82, 2.24) is 0 Å². The minimum Gasteiger partial charge on any atom is -0.460 e. The molecule has 0 amide bonds. The van der Waals surface area contributed by atoms with Crippen molar-refractivity contribution >= 4 is 23.4 Å². The van der Waals surface area contributed by atoms with Gasteiger partial charge < -0.3 is 4.74 Å². The van der Waals surface area contributed by atoms with Crippen LogP contribution in [0.25, 0.3) is 0 Å². The van der Waals surface area contributed by atoms with Gasteiger partial charge >= 0.3 is 5.97 Å². The van der Waals surface area contributed by atoms with Gasteiger partial charge in [-0.1, -0.05) is 23.7 Å². The SMILES string of the molecule is CCOC(=O)C(=O)[C@@H](C#N)c1ccc(Cl)cc1. The molecule has 0 bridgehead atoms. The van der Waals surface area contributed by atoms with Crippen LogP contribution in [0, 0.1) is 11.3 Å². The molecule has 88 valence electrons. The summed E-state index contributed by atoms with van der Waals surface area (Å²) in [6, 6.07) is 7.96. The van der Waals surface area contributed by atoms with Crippen LogP contribution in [0.4, 0.5) is 0 Å². The number of ether oxygens (including phenoxy) is 1. The first-order chi connectivity index (χ1) is 8.10. The van der Waals surface area contributed by atoms with Crippen molar-refractivity contribution in [3.63, 3.8) is 0 Å². The molecule has 0 aliphatic carbocycles. The lowest BCUT2D eigenvalue weighted by Gasteiger charge is -2.07. The summed E-state index contributed by atoms with van der Waals surface area (Å²) in [6.45, 7) is 1.69. The molecule has 1 atom stereocenters. The van der Waals surface area contributed by atoms with Crippen molar-refractivity contribution in [2.75, 3.05) is 6.61 Å². The van der Waals surface area contributed by atoms with Crippen LogP contribution in [0.2, 0.25) is 5.02 Å². The van der Waals surface area contributed by atoms with Crippen molar-refractivity contribution < 1.29 is 14.3 Å². The van der Waals surface area contributed by atoms with E-state index in [1.807, 2.05) is 0 Å². The molecule has 1 aromatic rings.